The highest BCUT2D eigenvalue weighted by molar-refractivity contribution is 5.82. The summed E-state index contributed by atoms with van der Waals surface area (Å²) in [5.41, 5.74) is 0.724. The van der Waals surface area contributed by atoms with Crippen LogP contribution >= 0.6 is 0 Å². The molecule has 1 saturated carbocycles. The number of rotatable bonds is 4. The van der Waals surface area contributed by atoms with Crippen molar-refractivity contribution in [3.8, 4) is 0 Å². The molecule has 3 nitrogen and oxygen atoms in total. The molecule has 0 spiro atoms. The molecule has 0 aliphatic heterocycles. The topological polar surface area (TPSA) is 46.5 Å². The first kappa shape index (κ1) is 17.2. The maximum absolute atomic E-state index is 11.7. The van der Waals surface area contributed by atoms with E-state index in [1.807, 2.05) is 13.8 Å². The molecule has 1 N–H and O–H groups in total. The van der Waals surface area contributed by atoms with Crippen LogP contribution in [0.3, 0.4) is 0 Å². The lowest BCUT2D eigenvalue weighted by atomic mass is 9.78. The van der Waals surface area contributed by atoms with Gasteiger partial charge in [-0.3, -0.25) is 0 Å². The number of hydrogen-bond donors (Lipinski definition) is 1. The van der Waals surface area contributed by atoms with E-state index in [4.69, 9.17) is 4.74 Å². The smallest absolute Gasteiger partial charge is 0.330 e. The second kappa shape index (κ2) is 9.17. The molecule has 1 aliphatic carbocycles. The van der Waals surface area contributed by atoms with Gasteiger partial charge >= 0.3 is 5.97 Å². The highest BCUT2D eigenvalue weighted by atomic mass is 16.5. The third-order valence-electron chi connectivity index (χ3n) is 4.18. The van der Waals surface area contributed by atoms with Crippen molar-refractivity contribution in [3.05, 3.63) is 11.6 Å². The Morgan fingerprint density at radius 1 is 1.05 bits per heavy atom. The Bertz CT molecular complexity index is 306. The number of allylic oxidation sites excluding steroid dienone is 1. The fourth-order valence-electron chi connectivity index (χ4n) is 2.86. The van der Waals surface area contributed by atoms with Crippen molar-refractivity contribution in [1.82, 2.24) is 0 Å². The van der Waals surface area contributed by atoms with Crippen LogP contribution in [-0.4, -0.2) is 24.3 Å². The molecule has 20 heavy (non-hydrogen) atoms. The van der Waals surface area contributed by atoms with Gasteiger partial charge < -0.3 is 9.84 Å². The molecule has 0 aromatic heterocycles. The van der Waals surface area contributed by atoms with Crippen LogP contribution in [0.1, 0.15) is 71.6 Å². The van der Waals surface area contributed by atoms with Gasteiger partial charge in [-0.05, 0) is 26.7 Å². The molecule has 0 aromatic rings. The van der Waals surface area contributed by atoms with Crippen molar-refractivity contribution in [2.45, 2.75) is 71.6 Å². The zero-order chi connectivity index (χ0) is 14.8. The predicted molar refractivity (Wildman–Crippen MR) is 81.5 cm³/mol. The van der Waals surface area contributed by atoms with Gasteiger partial charge in [0.1, 0.15) is 0 Å². The Kier molecular flexibility index (Phi) is 7.90. The molecule has 116 valence electrons. The van der Waals surface area contributed by atoms with Crippen LogP contribution < -0.4 is 0 Å². The zero-order valence-corrected chi connectivity index (χ0v) is 13.1. The Morgan fingerprint density at radius 2 is 1.55 bits per heavy atom. The summed E-state index contributed by atoms with van der Waals surface area (Å²) in [7, 11) is 0. The van der Waals surface area contributed by atoms with Crippen molar-refractivity contribution in [2.75, 3.05) is 13.2 Å². The molecule has 1 aliphatic rings. The van der Waals surface area contributed by atoms with E-state index >= 15 is 0 Å². The van der Waals surface area contributed by atoms with Gasteiger partial charge in [-0.25, -0.2) is 4.79 Å². The van der Waals surface area contributed by atoms with Crippen LogP contribution in [-0.2, 0) is 9.53 Å². The molecule has 0 amide bonds. The van der Waals surface area contributed by atoms with Crippen LogP contribution in [0.15, 0.2) is 11.6 Å². The van der Waals surface area contributed by atoms with E-state index in [9.17, 15) is 9.90 Å². The molecule has 0 heterocycles. The second-order valence-electron chi connectivity index (χ2n) is 6.46. The summed E-state index contributed by atoms with van der Waals surface area (Å²) in [6.45, 7) is 4.24. The van der Waals surface area contributed by atoms with E-state index in [1.165, 1.54) is 38.2 Å². The van der Waals surface area contributed by atoms with E-state index in [-0.39, 0.29) is 18.0 Å². The first-order chi connectivity index (χ1) is 9.58. The van der Waals surface area contributed by atoms with Crippen LogP contribution in [0, 0.1) is 5.41 Å². The number of ether oxygens (including phenoxy) is 1. The van der Waals surface area contributed by atoms with E-state index in [2.05, 4.69) is 0 Å². The van der Waals surface area contributed by atoms with E-state index in [0.29, 0.717) is 6.61 Å². The van der Waals surface area contributed by atoms with Crippen molar-refractivity contribution in [2.24, 2.45) is 5.41 Å². The van der Waals surface area contributed by atoms with Crippen molar-refractivity contribution >= 4 is 5.97 Å². The fourth-order valence-corrected chi connectivity index (χ4v) is 2.86. The summed E-state index contributed by atoms with van der Waals surface area (Å²) in [4.78, 5) is 11.7. The van der Waals surface area contributed by atoms with E-state index in [0.717, 1.165) is 31.3 Å². The van der Waals surface area contributed by atoms with Gasteiger partial charge in [0.25, 0.3) is 0 Å². The number of aliphatic hydroxyl groups excluding tert-OH is 1. The normalized spacial score (nSPS) is 19.9. The van der Waals surface area contributed by atoms with Crippen LogP contribution in [0.4, 0.5) is 0 Å². The van der Waals surface area contributed by atoms with Crippen LogP contribution in [0.5, 0.6) is 0 Å². The minimum Gasteiger partial charge on any atom is -0.462 e. The van der Waals surface area contributed by atoms with Gasteiger partial charge in [-0.15, -0.1) is 0 Å². The number of carbonyl (C=O) groups excluding carboxylic acids is 1. The molecule has 0 saturated heterocycles. The van der Waals surface area contributed by atoms with Gasteiger partial charge in [0.05, 0.1) is 13.2 Å². The maximum Gasteiger partial charge on any atom is 0.330 e. The largest absolute Gasteiger partial charge is 0.462 e. The van der Waals surface area contributed by atoms with Crippen LogP contribution in [0.25, 0.3) is 0 Å². The number of hydrogen-bond acceptors (Lipinski definition) is 3. The third-order valence-corrected chi connectivity index (χ3v) is 4.18. The van der Waals surface area contributed by atoms with E-state index < -0.39 is 0 Å². The molecule has 3 heteroatoms. The Balaban J connectivity index is 2.56. The van der Waals surface area contributed by atoms with E-state index in [1.54, 1.807) is 0 Å². The molecule has 0 aromatic carbocycles. The minimum atomic E-state index is -0.282. The molecule has 0 atom stereocenters. The summed E-state index contributed by atoms with van der Waals surface area (Å²) < 4.78 is 5.38. The highest BCUT2D eigenvalue weighted by Crippen LogP contribution is 2.33. The Morgan fingerprint density at radius 3 is 2.00 bits per heavy atom. The minimum absolute atomic E-state index is 0.120. The van der Waals surface area contributed by atoms with Crippen molar-refractivity contribution < 1.29 is 14.6 Å². The lowest BCUT2D eigenvalue weighted by Gasteiger charge is -2.32. The monoisotopic (exact) mass is 282 g/mol. The van der Waals surface area contributed by atoms with Crippen molar-refractivity contribution in [1.29, 1.82) is 0 Å². The highest BCUT2D eigenvalue weighted by Gasteiger charge is 2.30. The summed E-state index contributed by atoms with van der Waals surface area (Å²) in [5.74, 6) is -0.282. The summed E-state index contributed by atoms with van der Waals surface area (Å²) in [5, 5.41) is 9.81. The molecular formula is C17H30O3. The summed E-state index contributed by atoms with van der Waals surface area (Å²) >= 11 is 0. The molecule has 0 unspecified atom stereocenters. The van der Waals surface area contributed by atoms with Crippen LogP contribution in [0.2, 0.25) is 0 Å². The van der Waals surface area contributed by atoms with Crippen molar-refractivity contribution in [3.63, 3.8) is 0 Å². The average Bonchev–Trinajstić information content (AvgIpc) is 2.42. The molecule has 1 fully saturated rings. The first-order valence-electron chi connectivity index (χ1n) is 8.00. The molecule has 0 radical (unpaired) electrons. The quantitative estimate of drug-likeness (QED) is 0.626. The predicted octanol–water partition coefficient (Wildman–Crippen LogP) is 4.00. The SMILES string of the molecule is CC(C)=CC(=O)OCC1(CO)CCCCCCCCC1. The third kappa shape index (κ3) is 6.56. The van der Waals surface area contributed by atoms with Gasteiger partial charge in [-0.1, -0.05) is 50.5 Å². The molecule has 1 rings (SSSR count). The lowest BCUT2D eigenvalue weighted by Crippen LogP contribution is -2.32. The number of carbonyl (C=O) groups is 1. The molecular weight excluding hydrogens is 252 g/mol. The first-order valence-corrected chi connectivity index (χ1v) is 8.00. The second-order valence-corrected chi connectivity index (χ2v) is 6.46. The average molecular weight is 282 g/mol. The van der Waals surface area contributed by atoms with Gasteiger partial charge in [0.15, 0.2) is 0 Å². The summed E-state index contributed by atoms with van der Waals surface area (Å²) in [6, 6.07) is 0. The molecule has 0 bridgehead atoms. The summed E-state index contributed by atoms with van der Waals surface area (Å²) in [6.07, 6.45) is 12.1. The maximum atomic E-state index is 11.7. The van der Waals surface area contributed by atoms with Gasteiger partial charge in [0, 0.05) is 11.5 Å². The van der Waals surface area contributed by atoms with Gasteiger partial charge in [0.2, 0.25) is 0 Å². The van der Waals surface area contributed by atoms with Gasteiger partial charge in [-0.2, -0.15) is 0 Å². The standard InChI is InChI=1S/C17H30O3/c1-15(2)12-16(19)20-14-17(13-18)10-8-6-4-3-5-7-9-11-17/h12,18H,3-11,13-14H2,1-2H3. The fraction of sp³-hybridized carbons (Fsp3) is 0.824. The number of esters is 1. The Hall–Kier alpha value is -0.830. The lowest BCUT2D eigenvalue weighted by molar-refractivity contribution is -0.143. The Labute approximate surface area is 123 Å². The zero-order valence-electron chi connectivity index (χ0n) is 13.1. The number of aliphatic hydroxyl groups is 1.